The number of carbonyl (C=O) groups is 1. The van der Waals surface area contributed by atoms with Crippen LogP contribution >= 0.6 is 0 Å². The molecule has 1 aromatic heterocycles. The number of ether oxygens (including phenoxy) is 2. The number of amides is 1. The summed E-state index contributed by atoms with van der Waals surface area (Å²) in [5.74, 6) is 0.394. The molecule has 0 radical (unpaired) electrons. The summed E-state index contributed by atoms with van der Waals surface area (Å²) in [6.45, 7) is 6.36. The number of hydrogen-bond acceptors (Lipinski definition) is 4. The second-order valence-corrected chi connectivity index (χ2v) is 4.81. The van der Waals surface area contributed by atoms with Crippen molar-refractivity contribution in [2.45, 2.75) is 45.6 Å². The van der Waals surface area contributed by atoms with E-state index in [2.05, 4.69) is 17.2 Å². The normalized spacial score (nSPS) is 13.6. The monoisotopic (exact) mass is 280 g/mol. The van der Waals surface area contributed by atoms with Gasteiger partial charge in [-0.15, -0.1) is 0 Å². The molecule has 0 fully saturated rings. The first-order valence-corrected chi connectivity index (χ1v) is 7.01. The summed E-state index contributed by atoms with van der Waals surface area (Å²) >= 11 is 0. The van der Waals surface area contributed by atoms with E-state index in [-0.39, 0.29) is 5.91 Å². The van der Waals surface area contributed by atoms with Crippen LogP contribution in [-0.2, 0) is 9.53 Å². The Balaban J connectivity index is 2.68. The van der Waals surface area contributed by atoms with Gasteiger partial charge in [0.05, 0.1) is 18.5 Å². The van der Waals surface area contributed by atoms with Gasteiger partial charge in [-0.25, -0.2) is 4.98 Å². The highest BCUT2D eigenvalue weighted by atomic mass is 16.5. The van der Waals surface area contributed by atoms with Gasteiger partial charge in [-0.1, -0.05) is 19.8 Å². The summed E-state index contributed by atoms with van der Waals surface area (Å²) < 4.78 is 10.6. The standard InChI is InChI=1S/C15H24N2O3/c1-5-7-10-15(3,19-4)14(18)17-12-8-9-13(16-11-12)20-6-2/h8-9,11H,5-7,10H2,1-4H3,(H,17,18)/t15-/m1/s1. The lowest BCUT2D eigenvalue weighted by molar-refractivity contribution is -0.136. The molecule has 0 aliphatic heterocycles. The van der Waals surface area contributed by atoms with Gasteiger partial charge in [0.1, 0.15) is 5.60 Å². The first-order chi connectivity index (χ1) is 9.55. The summed E-state index contributed by atoms with van der Waals surface area (Å²) in [5, 5.41) is 2.83. The fraction of sp³-hybridized carbons (Fsp3) is 0.600. The van der Waals surface area contributed by atoms with Crippen LogP contribution in [0.1, 0.15) is 40.0 Å². The van der Waals surface area contributed by atoms with E-state index < -0.39 is 5.60 Å². The third kappa shape index (κ3) is 4.49. The predicted octanol–water partition coefficient (Wildman–Crippen LogP) is 3.01. The largest absolute Gasteiger partial charge is 0.478 e. The Kier molecular flexibility index (Phi) is 6.45. The molecule has 20 heavy (non-hydrogen) atoms. The molecule has 0 aliphatic carbocycles. The molecule has 5 nitrogen and oxygen atoms in total. The summed E-state index contributed by atoms with van der Waals surface area (Å²) in [6.07, 6.45) is 4.24. The van der Waals surface area contributed by atoms with Gasteiger partial charge >= 0.3 is 0 Å². The zero-order valence-corrected chi connectivity index (χ0v) is 12.7. The topological polar surface area (TPSA) is 60.5 Å². The van der Waals surface area contributed by atoms with Crippen molar-refractivity contribution in [3.63, 3.8) is 0 Å². The first-order valence-electron chi connectivity index (χ1n) is 7.01. The van der Waals surface area contributed by atoms with Crippen molar-refractivity contribution in [2.24, 2.45) is 0 Å². The van der Waals surface area contributed by atoms with Crippen LogP contribution in [0.15, 0.2) is 18.3 Å². The van der Waals surface area contributed by atoms with Gasteiger partial charge in [0.15, 0.2) is 0 Å². The van der Waals surface area contributed by atoms with E-state index in [0.29, 0.717) is 24.6 Å². The Morgan fingerprint density at radius 1 is 1.40 bits per heavy atom. The van der Waals surface area contributed by atoms with Crippen LogP contribution in [0, 0.1) is 0 Å². The van der Waals surface area contributed by atoms with E-state index in [9.17, 15) is 4.79 Å². The Labute approximate surface area is 120 Å². The molecule has 1 amide bonds. The average molecular weight is 280 g/mol. The molecule has 1 rings (SSSR count). The summed E-state index contributed by atoms with van der Waals surface area (Å²) in [7, 11) is 1.56. The third-order valence-corrected chi connectivity index (χ3v) is 3.22. The minimum Gasteiger partial charge on any atom is -0.478 e. The minimum atomic E-state index is -0.811. The van der Waals surface area contributed by atoms with Gasteiger partial charge in [-0.05, 0) is 26.3 Å². The van der Waals surface area contributed by atoms with E-state index in [1.54, 1.807) is 32.4 Å². The van der Waals surface area contributed by atoms with Crippen molar-refractivity contribution in [1.29, 1.82) is 0 Å². The molecule has 1 aromatic rings. The van der Waals surface area contributed by atoms with Crippen molar-refractivity contribution in [2.75, 3.05) is 19.0 Å². The third-order valence-electron chi connectivity index (χ3n) is 3.22. The molecule has 0 bridgehead atoms. The average Bonchev–Trinajstić information content (AvgIpc) is 2.47. The zero-order valence-electron chi connectivity index (χ0n) is 12.7. The molecule has 0 saturated carbocycles. The molecule has 0 aromatic carbocycles. The highest BCUT2D eigenvalue weighted by molar-refractivity contribution is 5.96. The number of nitrogens with one attached hydrogen (secondary N) is 1. The molecule has 0 aliphatic rings. The van der Waals surface area contributed by atoms with Crippen LogP contribution in [-0.4, -0.2) is 30.2 Å². The van der Waals surface area contributed by atoms with Crippen LogP contribution in [0.3, 0.4) is 0 Å². The molecule has 112 valence electrons. The maximum absolute atomic E-state index is 12.3. The lowest BCUT2D eigenvalue weighted by Crippen LogP contribution is -2.41. The molecule has 1 N–H and O–H groups in total. The SMILES string of the molecule is CCCC[C@@](C)(OC)C(=O)Nc1ccc(OCC)nc1. The van der Waals surface area contributed by atoms with Crippen molar-refractivity contribution < 1.29 is 14.3 Å². The molecular formula is C15H24N2O3. The Morgan fingerprint density at radius 2 is 2.15 bits per heavy atom. The molecular weight excluding hydrogens is 256 g/mol. The van der Waals surface area contributed by atoms with Crippen LogP contribution in [0.4, 0.5) is 5.69 Å². The fourth-order valence-electron chi connectivity index (χ4n) is 1.77. The second kappa shape index (κ2) is 7.85. The van der Waals surface area contributed by atoms with Crippen LogP contribution in [0.5, 0.6) is 5.88 Å². The summed E-state index contributed by atoms with van der Waals surface area (Å²) in [6, 6.07) is 3.50. The molecule has 1 atom stereocenters. The molecule has 0 spiro atoms. The Bertz CT molecular complexity index is 420. The summed E-state index contributed by atoms with van der Waals surface area (Å²) in [5.41, 5.74) is -0.174. The van der Waals surface area contributed by atoms with E-state index in [1.165, 1.54) is 0 Å². The molecule has 0 unspecified atom stereocenters. The van der Waals surface area contributed by atoms with E-state index in [0.717, 1.165) is 12.8 Å². The van der Waals surface area contributed by atoms with Gasteiger partial charge < -0.3 is 14.8 Å². The minimum absolute atomic E-state index is 0.153. The van der Waals surface area contributed by atoms with E-state index >= 15 is 0 Å². The number of rotatable bonds is 8. The number of nitrogens with zero attached hydrogens (tertiary/aromatic N) is 1. The quantitative estimate of drug-likeness (QED) is 0.795. The summed E-state index contributed by atoms with van der Waals surface area (Å²) in [4.78, 5) is 16.4. The smallest absolute Gasteiger partial charge is 0.256 e. The van der Waals surface area contributed by atoms with Crippen LogP contribution in [0.2, 0.25) is 0 Å². The maximum atomic E-state index is 12.3. The molecule has 1 heterocycles. The fourth-order valence-corrected chi connectivity index (χ4v) is 1.77. The molecule has 0 saturated heterocycles. The number of methoxy groups -OCH3 is 1. The van der Waals surface area contributed by atoms with E-state index in [4.69, 9.17) is 9.47 Å². The predicted molar refractivity (Wildman–Crippen MR) is 79.0 cm³/mol. The first kappa shape index (κ1) is 16.4. The highest BCUT2D eigenvalue weighted by Gasteiger charge is 2.32. The van der Waals surface area contributed by atoms with Gasteiger partial charge in [-0.3, -0.25) is 4.79 Å². The van der Waals surface area contributed by atoms with Gasteiger partial charge in [0.2, 0.25) is 5.88 Å². The highest BCUT2D eigenvalue weighted by Crippen LogP contribution is 2.21. The molecule has 5 heteroatoms. The number of aromatic nitrogens is 1. The van der Waals surface area contributed by atoms with Crippen molar-refractivity contribution in [3.05, 3.63) is 18.3 Å². The van der Waals surface area contributed by atoms with E-state index in [1.807, 2.05) is 6.92 Å². The van der Waals surface area contributed by atoms with Crippen LogP contribution in [0.25, 0.3) is 0 Å². The van der Waals surface area contributed by atoms with Gasteiger partial charge in [0, 0.05) is 13.2 Å². The second-order valence-electron chi connectivity index (χ2n) is 4.81. The maximum Gasteiger partial charge on any atom is 0.256 e. The lowest BCUT2D eigenvalue weighted by atomic mass is 9.97. The zero-order chi connectivity index (χ0) is 15.0. The van der Waals surface area contributed by atoms with Crippen molar-refractivity contribution in [3.8, 4) is 5.88 Å². The number of hydrogen-bond donors (Lipinski definition) is 1. The van der Waals surface area contributed by atoms with Gasteiger partial charge in [-0.2, -0.15) is 0 Å². The number of pyridine rings is 1. The number of anilines is 1. The van der Waals surface area contributed by atoms with Crippen molar-refractivity contribution >= 4 is 11.6 Å². The Hall–Kier alpha value is -1.62. The van der Waals surface area contributed by atoms with Gasteiger partial charge in [0.25, 0.3) is 5.91 Å². The van der Waals surface area contributed by atoms with Crippen LogP contribution < -0.4 is 10.1 Å². The Morgan fingerprint density at radius 3 is 2.65 bits per heavy atom. The number of unbranched alkanes of at least 4 members (excludes halogenated alkanes) is 1. The lowest BCUT2D eigenvalue weighted by Gasteiger charge is -2.26. The van der Waals surface area contributed by atoms with Crippen molar-refractivity contribution in [1.82, 2.24) is 4.98 Å². The number of carbonyl (C=O) groups excluding carboxylic acids is 1.